The smallest absolute Gasteiger partial charge is 0.242 e. The number of aromatic nitrogens is 5. The van der Waals surface area contributed by atoms with Crippen molar-refractivity contribution in [2.45, 2.75) is 72.0 Å². The van der Waals surface area contributed by atoms with Crippen molar-refractivity contribution >= 4 is 11.7 Å². The van der Waals surface area contributed by atoms with Gasteiger partial charge in [-0.2, -0.15) is 5.10 Å². The molecule has 1 aliphatic carbocycles. The van der Waals surface area contributed by atoms with E-state index >= 15 is 0 Å². The van der Waals surface area contributed by atoms with Crippen molar-refractivity contribution in [3.63, 3.8) is 0 Å². The highest BCUT2D eigenvalue weighted by Crippen LogP contribution is 2.31. The van der Waals surface area contributed by atoms with E-state index in [9.17, 15) is 9.59 Å². The van der Waals surface area contributed by atoms with Crippen LogP contribution in [0.25, 0.3) is 0 Å². The van der Waals surface area contributed by atoms with Gasteiger partial charge >= 0.3 is 0 Å². The van der Waals surface area contributed by atoms with Gasteiger partial charge < -0.3 is 9.88 Å². The van der Waals surface area contributed by atoms with E-state index in [-0.39, 0.29) is 24.3 Å². The van der Waals surface area contributed by atoms with E-state index in [4.69, 9.17) is 0 Å². The predicted molar refractivity (Wildman–Crippen MR) is 95.8 cm³/mol. The lowest BCUT2D eigenvalue weighted by Gasteiger charge is -2.18. The van der Waals surface area contributed by atoms with Crippen LogP contribution >= 0.6 is 0 Å². The number of hydrogen-bond acceptors (Lipinski definition) is 5. The summed E-state index contributed by atoms with van der Waals surface area (Å²) in [5.74, 6) is 0.576. The van der Waals surface area contributed by atoms with Crippen LogP contribution in [0.5, 0.6) is 0 Å². The number of Topliss-reactive ketones (excluding diaryl/α,β-unsaturated/α-hetero) is 1. The third kappa shape index (κ3) is 3.54. The molecule has 1 amide bonds. The molecule has 2 aromatic rings. The van der Waals surface area contributed by atoms with Crippen LogP contribution in [0.15, 0.2) is 6.33 Å². The summed E-state index contributed by atoms with van der Waals surface area (Å²) in [6, 6.07) is 0.184. The van der Waals surface area contributed by atoms with E-state index in [1.54, 1.807) is 17.9 Å². The Morgan fingerprint density at radius 1 is 1.31 bits per heavy atom. The zero-order valence-electron chi connectivity index (χ0n) is 15.8. The number of nitrogens with one attached hydrogen (secondary N) is 1. The molecule has 0 radical (unpaired) electrons. The number of amides is 1. The predicted octanol–water partition coefficient (Wildman–Crippen LogP) is 2.29. The second-order valence-electron chi connectivity index (χ2n) is 7.08. The SMILES string of the molecule is CC(=O)c1c(C)nn(CC(=O)N[C@H](C)c2nncn2C2CCCC2)c1C. The molecule has 1 N–H and O–H groups in total. The largest absolute Gasteiger partial charge is 0.345 e. The Bertz CT molecular complexity index is 816. The molecule has 26 heavy (non-hydrogen) atoms. The van der Waals surface area contributed by atoms with Crippen molar-refractivity contribution in [1.82, 2.24) is 29.9 Å². The van der Waals surface area contributed by atoms with Gasteiger partial charge in [0.2, 0.25) is 5.91 Å². The first-order valence-electron chi connectivity index (χ1n) is 9.12. The number of carbonyl (C=O) groups is 2. The first-order chi connectivity index (χ1) is 12.4. The van der Waals surface area contributed by atoms with Gasteiger partial charge in [-0.3, -0.25) is 14.3 Å². The molecular formula is C18H26N6O2. The van der Waals surface area contributed by atoms with Crippen LogP contribution in [-0.4, -0.2) is 36.2 Å². The minimum atomic E-state index is -0.241. The summed E-state index contributed by atoms with van der Waals surface area (Å²) >= 11 is 0. The van der Waals surface area contributed by atoms with Crippen LogP contribution < -0.4 is 5.32 Å². The van der Waals surface area contributed by atoms with Crippen LogP contribution in [0.4, 0.5) is 0 Å². The number of ketones is 1. The second-order valence-corrected chi connectivity index (χ2v) is 7.08. The molecule has 2 heterocycles. The van der Waals surface area contributed by atoms with Gasteiger partial charge in [0.05, 0.1) is 17.3 Å². The Kier molecular flexibility index (Phi) is 5.20. The minimum absolute atomic E-state index is 0.0373. The summed E-state index contributed by atoms with van der Waals surface area (Å²) in [4.78, 5) is 24.2. The molecule has 0 saturated heterocycles. The maximum absolute atomic E-state index is 12.5. The van der Waals surface area contributed by atoms with E-state index < -0.39 is 0 Å². The fourth-order valence-corrected chi connectivity index (χ4v) is 3.87. The molecule has 1 fully saturated rings. The van der Waals surface area contributed by atoms with Gasteiger partial charge in [0.1, 0.15) is 12.9 Å². The van der Waals surface area contributed by atoms with Crippen molar-refractivity contribution in [2.24, 2.45) is 0 Å². The number of rotatable bonds is 6. The number of nitrogens with zero attached hydrogens (tertiary/aromatic N) is 5. The Labute approximate surface area is 153 Å². The van der Waals surface area contributed by atoms with Crippen molar-refractivity contribution < 1.29 is 9.59 Å². The highest BCUT2D eigenvalue weighted by molar-refractivity contribution is 5.96. The molecule has 0 aliphatic heterocycles. The lowest BCUT2D eigenvalue weighted by molar-refractivity contribution is -0.122. The average molecular weight is 358 g/mol. The summed E-state index contributed by atoms with van der Waals surface area (Å²) in [6.45, 7) is 7.09. The van der Waals surface area contributed by atoms with Crippen LogP contribution in [0.2, 0.25) is 0 Å². The van der Waals surface area contributed by atoms with Gasteiger partial charge in [-0.25, -0.2) is 0 Å². The maximum atomic E-state index is 12.5. The average Bonchev–Trinajstić information content (AvgIpc) is 3.28. The monoisotopic (exact) mass is 358 g/mol. The summed E-state index contributed by atoms with van der Waals surface area (Å²) in [7, 11) is 0. The fraction of sp³-hybridized carbons (Fsp3) is 0.611. The molecule has 0 bridgehead atoms. The van der Waals surface area contributed by atoms with Crippen LogP contribution in [0, 0.1) is 13.8 Å². The van der Waals surface area contributed by atoms with Gasteiger partial charge in [-0.1, -0.05) is 12.8 Å². The lowest BCUT2D eigenvalue weighted by Crippen LogP contribution is -2.32. The van der Waals surface area contributed by atoms with Gasteiger partial charge in [-0.05, 0) is 40.5 Å². The summed E-state index contributed by atoms with van der Waals surface area (Å²) in [6.07, 6.45) is 6.46. The van der Waals surface area contributed by atoms with Crippen molar-refractivity contribution in [3.8, 4) is 0 Å². The zero-order chi connectivity index (χ0) is 18.8. The molecule has 0 unspecified atom stereocenters. The third-order valence-electron chi connectivity index (χ3n) is 5.11. The standard InChI is InChI=1S/C18H26N6O2/c1-11-17(14(4)25)13(3)24(22-11)9-16(26)20-12(2)18-21-19-10-23(18)15-7-5-6-8-15/h10,12,15H,5-9H2,1-4H3,(H,20,26)/t12-/m1/s1. The highest BCUT2D eigenvalue weighted by atomic mass is 16.2. The molecule has 0 aromatic carbocycles. The summed E-state index contributed by atoms with van der Waals surface area (Å²) < 4.78 is 3.67. The summed E-state index contributed by atoms with van der Waals surface area (Å²) in [5, 5.41) is 15.5. The quantitative estimate of drug-likeness (QED) is 0.800. The number of hydrogen-bond donors (Lipinski definition) is 1. The van der Waals surface area contributed by atoms with E-state index in [1.807, 2.05) is 13.8 Å². The molecule has 1 saturated carbocycles. The van der Waals surface area contributed by atoms with E-state index in [0.717, 1.165) is 18.7 Å². The number of carbonyl (C=O) groups excluding carboxylic acids is 2. The molecular weight excluding hydrogens is 332 g/mol. The minimum Gasteiger partial charge on any atom is -0.345 e. The van der Waals surface area contributed by atoms with E-state index in [2.05, 4.69) is 25.2 Å². The fourth-order valence-electron chi connectivity index (χ4n) is 3.87. The van der Waals surface area contributed by atoms with Crippen LogP contribution in [0.1, 0.15) is 79.2 Å². The molecule has 0 spiro atoms. The van der Waals surface area contributed by atoms with Gasteiger partial charge in [0.15, 0.2) is 11.6 Å². The van der Waals surface area contributed by atoms with Crippen LogP contribution in [0.3, 0.4) is 0 Å². The molecule has 2 aromatic heterocycles. The van der Waals surface area contributed by atoms with Crippen molar-refractivity contribution in [3.05, 3.63) is 29.1 Å². The topological polar surface area (TPSA) is 94.7 Å². The van der Waals surface area contributed by atoms with Gasteiger partial charge in [-0.15, -0.1) is 10.2 Å². The first-order valence-corrected chi connectivity index (χ1v) is 9.12. The Hall–Kier alpha value is -2.51. The lowest BCUT2D eigenvalue weighted by atomic mass is 10.1. The molecule has 3 rings (SSSR count). The van der Waals surface area contributed by atoms with Gasteiger partial charge in [0, 0.05) is 11.7 Å². The third-order valence-corrected chi connectivity index (χ3v) is 5.11. The van der Waals surface area contributed by atoms with Crippen molar-refractivity contribution in [2.75, 3.05) is 0 Å². The molecule has 8 nitrogen and oxygen atoms in total. The Morgan fingerprint density at radius 3 is 2.62 bits per heavy atom. The van der Waals surface area contributed by atoms with Gasteiger partial charge in [0.25, 0.3) is 0 Å². The molecule has 140 valence electrons. The Balaban J connectivity index is 1.68. The molecule has 1 aliphatic rings. The van der Waals surface area contributed by atoms with E-state index in [1.165, 1.54) is 19.8 Å². The first kappa shape index (κ1) is 18.3. The number of aryl methyl sites for hydroxylation is 1. The van der Waals surface area contributed by atoms with Crippen LogP contribution in [-0.2, 0) is 11.3 Å². The maximum Gasteiger partial charge on any atom is 0.242 e. The van der Waals surface area contributed by atoms with E-state index in [0.29, 0.717) is 23.0 Å². The zero-order valence-corrected chi connectivity index (χ0v) is 15.8. The second kappa shape index (κ2) is 7.39. The Morgan fingerprint density at radius 2 is 2.00 bits per heavy atom. The summed E-state index contributed by atoms with van der Waals surface area (Å²) in [5.41, 5.74) is 1.95. The molecule has 1 atom stereocenters. The normalized spacial score (nSPS) is 16.0. The highest BCUT2D eigenvalue weighted by Gasteiger charge is 2.24. The molecule has 8 heteroatoms. The van der Waals surface area contributed by atoms with Crippen molar-refractivity contribution in [1.29, 1.82) is 0 Å².